The fourth-order valence-corrected chi connectivity index (χ4v) is 3.66. The van der Waals surface area contributed by atoms with Crippen LogP contribution in [0, 0.1) is 0 Å². The molecule has 2 aromatic carbocycles. The quantitative estimate of drug-likeness (QED) is 0.391. The van der Waals surface area contributed by atoms with Gasteiger partial charge in [-0.3, -0.25) is 9.69 Å². The van der Waals surface area contributed by atoms with Gasteiger partial charge in [-0.15, -0.1) is 0 Å². The minimum Gasteiger partial charge on any atom is -0.496 e. The van der Waals surface area contributed by atoms with E-state index in [4.69, 9.17) is 26.4 Å². The molecule has 0 aliphatic carbocycles. The highest BCUT2D eigenvalue weighted by molar-refractivity contribution is 7.80. The lowest BCUT2D eigenvalue weighted by Crippen LogP contribution is -2.34. The molecule has 0 radical (unpaired) electrons. The first kappa shape index (κ1) is 22.9. The summed E-state index contributed by atoms with van der Waals surface area (Å²) in [4.78, 5) is 18.6. The lowest BCUT2D eigenvalue weighted by molar-refractivity contribution is -0.120. The van der Waals surface area contributed by atoms with E-state index in [1.165, 1.54) is 10.5 Å². The number of carbonyl (C=O) groups is 1. The van der Waals surface area contributed by atoms with Crippen LogP contribution in [-0.4, -0.2) is 49.0 Å². The highest BCUT2D eigenvalue weighted by Gasteiger charge is 2.29. The second kappa shape index (κ2) is 11.0. The summed E-state index contributed by atoms with van der Waals surface area (Å²) in [5.41, 5.74) is 3.58. The van der Waals surface area contributed by atoms with Gasteiger partial charge in [0.15, 0.2) is 0 Å². The third-order valence-electron chi connectivity index (χ3n) is 5.13. The Balaban J connectivity index is 1.67. The molecular formula is C24H28N2O4S. The number of ether oxygens (including phenoxy) is 3. The topological polar surface area (TPSA) is 60.4 Å². The van der Waals surface area contributed by atoms with Crippen molar-refractivity contribution in [3.8, 4) is 11.5 Å². The molecule has 31 heavy (non-hydrogen) atoms. The smallest absolute Gasteiger partial charge is 0.274 e. The minimum absolute atomic E-state index is 0.134. The Labute approximate surface area is 188 Å². The standard InChI is InChI=1S/C24H28N2O4S/c1-4-17-6-9-20(10-7-17)30-16-19-14-18(8-11-22(19)29-3)15-21-23(27)26(24(31)25-21)12-5-13-28-2/h6-11,14H,4-5,12-13,15-16H2,1-3H3. The van der Waals surface area contributed by atoms with Crippen LogP contribution in [0.2, 0.25) is 0 Å². The third kappa shape index (κ3) is 5.89. The maximum Gasteiger partial charge on any atom is 0.274 e. The summed E-state index contributed by atoms with van der Waals surface area (Å²) >= 11 is 5.28. The van der Waals surface area contributed by atoms with E-state index in [1.807, 2.05) is 30.3 Å². The van der Waals surface area contributed by atoms with E-state index >= 15 is 0 Å². The number of hydrogen-bond donors (Lipinski definition) is 0. The monoisotopic (exact) mass is 440 g/mol. The van der Waals surface area contributed by atoms with Gasteiger partial charge in [0.25, 0.3) is 5.91 Å². The molecule has 0 fully saturated rings. The number of amides is 1. The van der Waals surface area contributed by atoms with Crippen LogP contribution < -0.4 is 9.47 Å². The van der Waals surface area contributed by atoms with Crippen LogP contribution >= 0.6 is 12.2 Å². The summed E-state index contributed by atoms with van der Waals surface area (Å²) in [5, 5.41) is 0.323. The number of benzene rings is 2. The number of hydrogen-bond acceptors (Lipinski definition) is 5. The third-order valence-corrected chi connectivity index (χ3v) is 5.44. The van der Waals surface area contributed by atoms with Gasteiger partial charge in [0.05, 0.1) is 7.11 Å². The van der Waals surface area contributed by atoms with Gasteiger partial charge in [0, 0.05) is 32.2 Å². The molecule has 0 atom stereocenters. The average Bonchev–Trinajstić information content (AvgIpc) is 3.05. The van der Waals surface area contributed by atoms with E-state index in [9.17, 15) is 4.79 Å². The Kier molecular flexibility index (Phi) is 8.14. The molecule has 1 amide bonds. The van der Waals surface area contributed by atoms with Gasteiger partial charge in [-0.2, -0.15) is 0 Å². The van der Waals surface area contributed by atoms with Crippen molar-refractivity contribution in [2.75, 3.05) is 27.4 Å². The van der Waals surface area contributed by atoms with Crippen LogP contribution in [0.4, 0.5) is 0 Å². The molecular weight excluding hydrogens is 412 g/mol. The van der Waals surface area contributed by atoms with Crippen LogP contribution in [0.25, 0.3) is 0 Å². The van der Waals surface area contributed by atoms with Crippen molar-refractivity contribution < 1.29 is 19.0 Å². The molecule has 0 N–H and O–H groups in total. The van der Waals surface area contributed by atoms with Crippen LogP contribution in [0.3, 0.4) is 0 Å². The molecule has 2 aromatic rings. The minimum atomic E-state index is -0.134. The molecule has 0 saturated carbocycles. The van der Waals surface area contributed by atoms with Crippen LogP contribution in [0.1, 0.15) is 30.0 Å². The molecule has 1 aliphatic rings. The van der Waals surface area contributed by atoms with Gasteiger partial charge in [0.2, 0.25) is 5.11 Å². The fourth-order valence-electron chi connectivity index (χ4n) is 3.38. The van der Waals surface area contributed by atoms with Crippen molar-refractivity contribution in [2.45, 2.75) is 32.8 Å². The second-order valence-corrected chi connectivity index (χ2v) is 7.62. The number of aryl methyl sites for hydroxylation is 1. The number of methoxy groups -OCH3 is 2. The molecule has 0 aromatic heterocycles. The largest absolute Gasteiger partial charge is 0.496 e. The molecule has 0 spiro atoms. The molecule has 0 unspecified atom stereocenters. The van der Waals surface area contributed by atoms with Crippen LogP contribution in [0.15, 0.2) is 47.5 Å². The molecule has 1 aliphatic heterocycles. The Morgan fingerprint density at radius 1 is 1.06 bits per heavy atom. The van der Waals surface area contributed by atoms with E-state index in [0.717, 1.165) is 29.0 Å². The summed E-state index contributed by atoms with van der Waals surface area (Å²) in [6, 6.07) is 13.9. The molecule has 1 heterocycles. The van der Waals surface area contributed by atoms with Crippen LogP contribution in [-0.2, 0) is 29.0 Å². The molecule has 0 bridgehead atoms. The Morgan fingerprint density at radius 3 is 2.48 bits per heavy atom. The van der Waals surface area contributed by atoms with E-state index in [1.54, 1.807) is 14.2 Å². The zero-order valence-electron chi connectivity index (χ0n) is 18.2. The van der Waals surface area contributed by atoms with E-state index in [0.29, 0.717) is 43.4 Å². The first-order valence-corrected chi connectivity index (χ1v) is 10.8. The maximum absolute atomic E-state index is 12.7. The van der Waals surface area contributed by atoms with Crippen molar-refractivity contribution in [1.29, 1.82) is 0 Å². The van der Waals surface area contributed by atoms with Crippen molar-refractivity contribution in [2.24, 2.45) is 4.99 Å². The van der Waals surface area contributed by atoms with E-state index < -0.39 is 0 Å². The van der Waals surface area contributed by atoms with E-state index in [2.05, 4.69) is 24.0 Å². The Hall–Kier alpha value is -2.77. The normalized spacial score (nSPS) is 13.5. The average molecular weight is 441 g/mol. The fraction of sp³-hybridized carbons (Fsp3) is 0.375. The maximum atomic E-state index is 12.7. The lowest BCUT2D eigenvalue weighted by atomic mass is 10.0. The number of thiocarbonyl (C=S) groups is 1. The van der Waals surface area contributed by atoms with Crippen molar-refractivity contribution >= 4 is 28.9 Å². The van der Waals surface area contributed by atoms with Gasteiger partial charge in [0.1, 0.15) is 23.8 Å². The van der Waals surface area contributed by atoms with Gasteiger partial charge >= 0.3 is 0 Å². The van der Waals surface area contributed by atoms with Crippen molar-refractivity contribution in [3.63, 3.8) is 0 Å². The van der Waals surface area contributed by atoms with Crippen LogP contribution in [0.5, 0.6) is 11.5 Å². The van der Waals surface area contributed by atoms with Gasteiger partial charge in [-0.1, -0.05) is 25.1 Å². The molecule has 3 rings (SSSR count). The highest BCUT2D eigenvalue weighted by Crippen LogP contribution is 2.24. The van der Waals surface area contributed by atoms with Gasteiger partial charge in [-0.05, 0) is 60.5 Å². The van der Waals surface area contributed by atoms with Gasteiger partial charge in [-0.25, -0.2) is 4.99 Å². The number of rotatable bonds is 11. The first-order chi connectivity index (χ1) is 15.0. The zero-order valence-corrected chi connectivity index (χ0v) is 19.0. The summed E-state index contributed by atoms with van der Waals surface area (Å²) in [6.45, 7) is 3.57. The second-order valence-electron chi connectivity index (χ2n) is 7.25. The number of carbonyl (C=O) groups excluding carboxylic acids is 1. The Bertz CT molecular complexity index is 957. The molecule has 7 heteroatoms. The van der Waals surface area contributed by atoms with Gasteiger partial charge < -0.3 is 14.2 Å². The molecule has 0 saturated heterocycles. The summed E-state index contributed by atoms with van der Waals surface area (Å²) in [5.74, 6) is 1.41. The van der Waals surface area contributed by atoms with Crippen molar-refractivity contribution in [3.05, 3.63) is 59.2 Å². The number of nitrogens with zero attached hydrogens (tertiary/aromatic N) is 2. The SMILES string of the molecule is CCc1ccc(OCc2cc(CC3=NC(=S)N(CCCOC)C3=O)ccc2OC)cc1. The van der Waals surface area contributed by atoms with E-state index in [-0.39, 0.29) is 5.91 Å². The summed E-state index contributed by atoms with van der Waals surface area (Å²) in [6.07, 6.45) is 2.11. The zero-order chi connectivity index (χ0) is 22.2. The first-order valence-electron chi connectivity index (χ1n) is 10.4. The van der Waals surface area contributed by atoms with Crippen molar-refractivity contribution in [1.82, 2.24) is 4.90 Å². The Morgan fingerprint density at radius 2 is 1.81 bits per heavy atom. The predicted octanol–water partition coefficient (Wildman–Crippen LogP) is 3.98. The predicted molar refractivity (Wildman–Crippen MR) is 125 cm³/mol. The lowest BCUT2D eigenvalue weighted by Gasteiger charge is -2.15. The molecule has 164 valence electrons. The number of aliphatic imine (C=N–C) groups is 1. The summed E-state index contributed by atoms with van der Waals surface area (Å²) < 4.78 is 16.5. The molecule has 6 nitrogen and oxygen atoms in total. The highest BCUT2D eigenvalue weighted by atomic mass is 32.1. The summed E-state index contributed by atoms with van der Waals surface area (Å²) in [7, 11) is 3.27.